The maximum Gasteiger partial charge on any atom is 0.234 e. The topological polar surface area (TPSA) is 97.6 Å². The van der Waals surface area contributed by atoms with E-state index >= 15 is 0 Å². The van der Waals surface area contributed by atoms with Crippen LogP contribution in [0.1, 0.15) is 35.7 Å². The average molecular weight is 456 g/mol. The lowest BCUT2D eigenvalue weighted by molar-refractivity contribution is -0.117. The predicted molar refractivity (Wildman–Crippen MR) is 132 cm³/mol. The van der Waals surface area contributed by atoms with Crippen molar-refractivity contribution in [1.82, 2.24) is 30.0 Å². The van der Waals surface area contributed by atoms with E-state index in [0.717, 1.165) is 28.1 Å². The number of aromatic nitrogens is 5. The number of rotatable bonds is 9. The second kappa shape index (κ2) is 10.8. The molecule has 174 valence electrons. The molecule has 8 heteroatoms. The van der Waals surface area contributed by atoms with Crippen LogP contribution >= 0.6 is 0 Å². The van der Waals surface area contributed by atoms with E-state index in [4.69, 9.17) is 0 Å². The Labute approximate surface area is 199 Å². The zero-order valence-electron chi connectivity index (χ0n) is 19.6. The van der Waals surface area contributed by atoms with Crippen LogP contribution in [0.2, 0.25) is 0 Å². The highest BCUT2D eigenvalue weighted by Gasteiger charge is 2.21. The second-order valence-electron chi connectivity index (χ2n) is 8.41. The number of nitrogens with one attached hydrogen (secondary N) is 2. The molecule has 4 aromatic rings. The second-order valence-corrected chi connectivity index (χ2v) is 8.41. The number of carbonyl (C=O) groups excluding carboxylic acids is 1. The Hall–Kier alpha value is -3.91. The Morgan fingerprint density at radius 1 is 0.912 bits per heavy atom. The van der Waals surface area contributed by atoms with Crippen LogP contribution in [0, 0.1) is 6.92 Å². The van der Waals surface area contributed by atoms with Gasteiger partial charge in [0.15, 0.2) is 0 Å². The van der Waals surface area contributed by atoms with Gasteiger partial charge in [0.25, 0.3) is 0 Å². The molecule has 0 saturated heterocycles. The van der Waals surface area contributed by atoms with E-state index in [-0.39, 0.29) is 17.7 Å². The van der Waals surface area contributed by atoms with Crippen molar-refractivity contribution >= 4 is 11.7 Å². The van der Waals surface area contributed by atoms with Gasteiger partial charge in [0, 0.05) is 56.1 Å². The summed E-state index contributed by atoms with van der Waals surface area (Å²) in [7, 11) is 1.87. The molecule has 1 aromatic carbocycles. The van der Waals surface area contributed by atoms with Crippen LogP contribution in [-0.2, 0) is 11.8 Å². The summed E-state index contributed by atoms with van der Waals surface area (Å²) in [6, 6.07) is 13.5. The number of hydrogen-bond acceptors (Lipinski definition) is 6. The quantitative estimate of drug-likeness (QED) is 0.399. The molecule has 3 aromatic heterocycles. The molecule has 2 N–H and O–H groups in total. The SMILES string of the molecule is Cc1ncc([C@H](C)CNCC(C(=O)Nc2ccc(-c3cnn(C)c3)cn2)c2ccccc2)cn1. The van der Waals surface area contributed by atoms with Gasteiger partial charge in [-0.2, -0.15) is 5.10 Å². The number of carbonyl (C=O) groups is 1. The fourth-order valence-corrected chi connectivity index (χ4v) is 3.69. The van der Waals surface area contributed by atoms with Crippen LogP contribution < -0.4 is 10.6 Å². The number of aryl methyl sites for hydroxylation is 2. The zero-order valence-corrected chi connectivity index (χ0v) is 19.6. The van der Waals surface area contributed by atoms with E-state index in [1.54, 1.807) is 17.1 Å². The number of pyridine rings is 1. The van der Waals surface area contributed by atoms with Crippen LogP contribution in [-0.4, -0.2) is 43.7 Å². The Balaban J connectivity index is 1.41. The molecule has 1 unspecified atom stereocenters. The van der Waals surface area contributed by atoms with Gasteiger partial charge in [0.05, 0.1) is 12.1 Å². The Kier molecular flexibility index (Phi) is 7.39. The van der Waals surface area contributed by atoms with E-state index < -0.39 is 0 Å². The normalized spacial score (nSPS) is 12.8. The molecule has 34 heavy (non-hydrogen) atoms. The molecule has 0 spiro atoms. The molecule has 4 rings (SSSR count). The highest BCUT2D eigenvalue weighted by atomic mass is 16.2. The zero-order chi connectivity index (χ0) is 23.9. The lowest BCUT2D eigenvalue weighted by atomic mass is 9.97. The highest BCUT2D eigenvalue weighted by Crippen LogP contribution is 2.21. The molecule has 3 heterocycles. The maximum absolute atomic E-state index is 13.2. The number of benzene rings is 1. The monoisotopic (exact) mass is 455 g/mol. The lowest BCUT2D eigenvalue weighted by Crippen LogP contribution is -2.32. The van der Waals surface area contributed by atoms with Crippen molar-refractivity contribution in [2.24, 2.45) is 7.05 Å². The van der Waals surface area contributed by atoms with E-state index in [1.165, 1.54) is 0 Å². The highest BCUT2D eigenvalue weighted by molar-refractivity contribution is 5.95. The van der Waals surface area contributed by atoms with Gasteiger partial charge >= 0.3 is 0 Å². The molecule has 1 amide bonds. The molecule has 2 atom stereocenters. The molecule has 8 nitrogen and oxygen atoms in total. The first-order valence-corrected chi connectivity index (χ1v) is 11.3. The summed E-state index contributed by atoms with van der Waals surface area (Å²) in [5, 5.41) is 10.6. The van der Waals surface area contributed by atoms with Crippen molar-refractivity contribution in [3.63, 3.8) is 0 Å². The van der Waals surface area contributed by atoms with Gasteiger partial charge in [-0.05, 0) is 36.1 Å². The minimum absolute atomic E-state index is 0.105. The van der Waals surface area contributed by atoms with E-state index in [0.29, 0.717) is 18.9 Å². The van der Waals surface area contributed by atoms with Crippen LogP contribution in [0.25, 0.3) is 11.1 Å². The van der Waals surface area contributed by atoms with Gasteiger partial charge in [-0.1, -0.05) is 37.3 Å². The van der Waals surface area contributed by atoms with Crippen molar-refractivity contribution in [3.05, 3.63) is 90.4 Å². The van der Waals surface area contributed by atoms with Gasteiger partial charge in [-0.3, -0.25) is 9.48 Å². The molecule has 0 radical (unpaired) electrons. The first kappa shape index (κ1) is 23.3. The molecule has 0 saturated carbocycles. The molecule has 0 aliphatic rings. The van der Waals surface area contributed by atoms with Crippen LogP contribution in [0.3, 0.4) is 0 Å². The average Bonchev–Trinajstić information content (AvgIpc) is 3.29. The molecule has 0 aliphatic carbocycles. The molecule has 0 fully saturated rings. The number of anilines is 1. The Morgan fingerprint density at radius 2 is 1.68 bits per heavy atom. The smallest absolute Gasteiger partial charge is 0.234 e. The summed E-state index contributed by atoms with van der Waals surface area (Å²) in [4.78, 5) is 26.2. The summed E-state index contributed by atoms with van der Waals surface area (Å²) in [6.07, 6.45) is 9.17. The molecular weight excluding hydrogens is 426 g/mol. The van der Waals surface area contributed by atoms with Gasteiger partial charge in [-0.15, -0.1) is 0 Å². The summed E-state index contributed by atoms with van der Waals surface area (Å²) in [5.41, 5.74) is 3.94. The fraction of sp³-hybridized carbons (Fsp3) is 0.269. The fourth-order valence-electron chi connectivity index (χ4n) is 3.69. The minimum atomic E-state index is -0.359. The maximum atomic E-state index is 13.2. The third kappa shape index (κ3) is 5.90. The van der Waals surface area contributed by atoms with E-state index in [9.17, 15) is 4.79 Å². The lowest BCUT2D eigenvalue weighted by Gasteiger charge is -2.19. The third-order valence-corrected chi connectivity index (χ3v) is 5.74. The van der Waals surface area contributed by atoms with Crippen LogP contribution in [0.5, 0.6) is 0 Å². The molecule has 0 aliphatic heterocycles. The van der Waals surface area contributed by atoms with Crippen LogP contribution in [0.15, 0.2) is 73.4 Å². The van der Waals surface area contributed by atoms with Gasteiger partial charge in [0.1, 0.15) is 11.6 Å². The molecular formula is C26H29N7O. The minimum Gasteiger partial charge on any atom is -0.315 e. The van der Waals surface area contributed by atoms with Crippen LogP contribution in [0.4, 0.5) is 5.82 Å². The van der Waals surface area contributed by atoms with Crippen molar-refractivity contribution in [3.8, 4) is 11.1 Å². The predicted octanol–water partition coefficient (Wildman–Crippen LogP) is 3.70. The van der Waals surface area contributed by atoms with E-state index in [2.05, 4.69) is 37.6 Å². The van der Waals surface area contributed by atoms with Crippen molar-refractivity contribution < 1.29 is 4.79 Å². The van der Waals surface area contributed by atoms with Gasteiger partial charge < -0.3 is 10.6 Å². The molecule has 0 bridgehead atoms. The third-order valence-electron chi connectivity index (χ3n) is 5.74. The summed E-state index contributed by atoms with van der Waals surface area (Å²) >= 11 is 0. The first-order valence-electron chi connectivity index (χ1n) is 11.3. The number of nitrogens with zero attached hydrogens (tertiary/aromatic N) is 5. The van der Waals surface area contributed by atoms with Gasteiger partial charge in [-0.25, -0.2) is 15.0 Å². The van der Waals surface area contributed by atoms with Crippen molar-refractivity contribution in [2.75, 3.05) is 18.4 Å². The van der Waals surface area contributed by atoms with Crippen molar-refractivity contribution in [2.45, 2.75) is 25.7 Å². The number of amides is 1. The first-order chi connectivity index (χ1) is 16.5. The van der Waals surface area contributed by atoms with Crippen molar-refractivity contribution in [1.29, 1.82) is 0 Å². The largest absolute Gasteiger partial charge is 0.315 e. The summed E-state index contributed by atoms with van der Waals surface area (Å²) in [5.74, 6) is 1.03. The summed E-state index contributed by atoms with van der Waals surface area (Å²) < 4.78 is 1.75. The van der Waals surface area contributed by atoms with E-state index in [1.807, 2.05) is 75.0 Å². The standard InChI is InChI=1S/C26H29N7O/c1-18(22-13-28-19(2)29-14-22)11-27-16-24(20-7-5-4-6-8-20)26(34)32-25-10-9-21(12-30-25)23-15-31-33(3)17-23/h4-10,12-15,17-18,24,27H,11,16H2,1-3H3,(H,30,32,34)/t18-,24?/m1/s1. The Morgan fingerprint density at radius 3 is 2.32 bits per heavy atom. The number of hydrogen-bond donors (Lipinski definition) is 2. The van der Waals surface area contributed by atoms with Gasteiger partial charge in [0.2, 0.25) is 5.91 Å². The Bertz CT molecular complexity index is 1200. The summed E-state index contributed by atoms with van der Waals surface area (Å²) in [6.45, 7) is 5.20.